The van der Waals surface area contributed by atoms with E-state index in [-0.39, 0.29) is 23.9 Å². The molecule has 2 amide bonds. The van der Waals surface area contributed by atoms with Crippen molar-refractivity contribution in [3.8, 4) is 0 Å². The first-order valence-corrected chi connectivity index (χ1v) is 11.4. The van der Waals surface area contributed by atoms with Gasteiger partial charge < -0.3 is 25.8 Å². The molecule has 2 unspecified atom stereocenters. The van der Waals surface area contributed by atoms with Crippen LogP contribution in [0.1, 0.15) is 5.56 Å². The van der Waals surface area contributed by atoms with Crippen LogP contribution in [0.3, 0.4) is 0 Å². The Kier molecular flexibility index (Phi) is 7.12. The number of hydrogen-bond donors (Lipinski definition) is 4. The van der Waals surface area contributed by atoms with Crippen molar-refractivity contribution in [2.45, 2.75) is 17.1 Å². The molecule has 0 aromatic heterocycles. The van der Waals surface area contributed by atoms with Gasteiger partial charge in [0, 0.05) is 37.6 Å². The summed E-state index contributed by atoms with van der Waals surface area (Å²) in [7, 11) is -0.777. The number of aliphatic hydroxyl groups excluding tert-OH is 1. The Balaban J connectivity index is 1.71. The summed E-state index contributed by atoms with van der Waals surface area (Å²) < 4.78 is 30.9. The van der Waals surface area contributed by atoms with Crippen LogP contribution in [0.25, 0.3) is 0 Å². The average Bonchev–Trinajstić information content (AvgIpc) is 2.79. The molecule has 2 atom stereocenters. The van der Waals surface area contributed by atoms with Crippen LogP contribution >= 0.6 is 0 Å². The van der Waals surface area contributed by atoms with E-state index in [1.165, 1.54) is 67.5 Å². The van der Waals surface area contributed by atoms with Crippen LogP contribution in [-0.2, 0) is 24.3 Å². The van der Waals surface area contributed by atoms with Gasteiger partial charge in [-0.3, -0.25) is 15.0 Å². The Morgan fingerprint density at radius 3 is 2.36 bits per heavy atom. The Labute approximate surface area is 191 Å². The first kappa shape index (κ1) is 24.3. The lowest BCUT2D eigenvalue weighted by molar-refractivity contribution is -0.150. The number of amides is 2. The molecule has 1 aliphatic heterocycles. The zero-order valence-corrected chi connectivity index (χ0v) is 18.9. The van der Waals surface area contributed by atoms with Gasteiger partial charge in [-0.05, 0) is 48.5 Å². The van der Waals surface area contributed by atoms with E-state index in [0.29, 0.717) is 16.9 Å². The third kappa shape index (κ3) is 5.20. The van der Waals surface area contributed by atoms with Crippen molar-refractivity contribution in [3.05, 3.63) is 54.1 Å². The molecule has 1 fully saturated rings. The predicted octanol–water partition coefficient (Wildman–Crippen LogP) is -0.0476. The molecule has 3 rings (SSSR count). The van der Waals surface area contributed by atoms with Gasteiger partial charge in [-0.2, -0.15) is 0 Å². The van der Waals surface area contributed by atoms with Gasteiger partial charge >= 0.3 is 0 Å². The fourth-order valence-electron chi connectivity index (χ4n) is 3.18. The van der Waals surface area contributed by atoms with E-state index in [0.717, 1.165) is 4.31 Å². The van der Waals surface area contributed by atoms with E-state index < -0.39 is 34.0 Å². The largest absolute Gasteiger partial charge is 0.384 e. The summed E-state index contributed by atoms with van der Waals surface area (Å²) in [5.41, 5.74) is 6.63. The molecule has 0 saturated carbocycles. The maximum Gasteiger partial charge on any atom is 0.259 e. The fourth-order valence-corrected chi connectivity index (χ4v) is 4.09. The second-order valence-corrected chi connectivity index (χ2v) is 9.64. The third-order valence-corrected chi connectivity index (χ3v) is 6.90. The van der Waals surface area contributed by atoms with Crippen LogP contribution in [0.4, 0.5) is 11.4 Å². The standard InChI is InChI=1S/C21H25N5O6S/c1-25(2)33(30,31)16-9-7-15(8-10-16)26-11-12-32-18(21(26)29)17(27)20(28)24-14-5-3-13(4-6-14)19(22)23/h3-10,17-18,27H,11-12H2,1-2H3,(H3,22,23)(H,24,28). The Morgan fingerprint density at radius 2 is 1.82 bits per heavy atom. The third-order valence-electron chi connectivity index (χ3n) is 5.07. The van der Waals surface area contributed by atoms with Crippen molar-refractivity contribution in [2.24, 2.45) is 5.73 Å². The van der Waals surface area contributed by atoms with Crippen molar-refractivity contribution in [1.29, 1.82) is 5.41 Å². The number of ether oxygens (including phenoxy) is 1. The molecule has 1 saturated heterocycles. The highest BCUT2D eigenvalue weighted by Crippen LogP contribution is 2.23. The molecular weight excluding hydrogens is 450 g/mol. The first-order chi connectivity index (χ1) is 15.5. The second-order valence-electron chi connectivity index (χ2n) is 7.49. The lowest BCUT2D eigenvalue weighted by Crippen LogP contribution is -2.55. The van der Waals surface area contributed by atoms with Crippen molar-refractivity contribution < 1.29 is 27.9 Å². The summed E-state index contributed by atoms with van der Waals surface area (Å²) in [6, 6.07) is 11.8. The fraction of sp³-hybridized carbons (Fsp3) is 0.286. The van der Waals surface area contributed by atoms with E-state index in [4.69, 9.17) is 15.9 Å². The zero-order chi connectivity index (χ0) is 24.3. The summed E-state index contributed by atoms with van der Waals surface area (Å²) in [4.78, 5) is 26.8. The van der Waals surface area contributed by atoms with Crippen LogP contribution in [0.5, 0.6) is 0 Å². The van der Waals surface area contributed by atoms with Crippen LogP contribution in [0.15, 0.2) is 53.4 Å². The number of amidine groups is 1. The maximum atomic E-state index is 12.9. The normalized spacial score (nSPS) is 17.6. The Morgan fingerprint density at radius 1 is 1.21 bits per heavy atom. The molecule has 2 aromatic rings. The molecule has 0 aliphatic carbocycles. The van der Waals surface area contributed by atoms with E-state index >= 15 is 0 Å². The van der Waals surface area contributed by atoms with Crippen LogP contribution in [-0.4, -0.2) is 74.9 Å². The van der Waals surface area contributed by atoms with Crippen LogP contribution in [0.2, 0.25) is 0 Å². The number of nitrogens with zero attached hydrogens (tertiary/aromatic N) is 2. The van der Waals surface area contributed by atoms with Crippen molar-refractivity contribution in [2.75, 3.05) is 37.5 Å². The number of nitrogens with one attached hydrogen (secondary N) is 2. The van der Waals surface area contributed by atoms with Gasteiger partial charge in [-0.25, -0.2) is 12.7 Å². The van der Waals surface area contributed by atoms with Gasteiger partial charge in [-0.1, -0.05) is 0 Å². The van der Waals surface area contributed by atoms with Gasteiger partial charge in [0.25, 0.3) is 11.8 Å². The molecule has 12 heteroatoms. The number of hydrogen-bond acceptors (Lipinski definition) is 7. The lowest BCUT2D eigenvalue weighted by atomic mass is 10.1. The number of carbonyl (C=O) groups is 2. The van der Waals surface area contributed by atoms with E-state index in [1.807, 2.05) is 0 Å². The number of nitrogens with two attached hydrogens (primary N) is 1. The SMILES string of the molecule is CN(C)S(=O)(=O)c1ccc(N2CCOC(C(O)C(=O)Nc3ccc(C(=N)N)cc3)C2=O)cc1. The summed E-state index contributed by atoms with van der Waals surface area (Å²) >= 11 is 0. The summed E-state index contributed by atoms with van der Waals surface area (Å²) in [5.74, 6) is -1.58. The number of nitrogen functional groups attached to an aromatic ring is 1. The smallest absolute Gasteiger partial charge is 0.259 e. The minimum atomic E-state index is -3.62. The molecule has 33 heavy (non-hydrogen) atoms. The number of carbonyl (C=O) groups excluding carboxylic acids is 2. The van der Waals surface area contributed by atoms with Gasteiger partial charge in [-0.15, -0.1) is 0 Å². The van der Waals surface area contributed by atoms with Crippen LogP contribution in [0, 0.1) is 5.41 Å². The predicted molar refractivity (Wildman–Crippen MR) is 122 cm³/mol. The number of rotatable bonds is 7. The minimum Gasteiger partial charge on any atom is -0.384 e. The van der Waals surface area contributed by atoms with Crippen molar-refractivity contribution in [3.63, 3.8) is 0 Å². The molecule has 5 N–H and O–H groups in total. The second kappa shape index (κ2) is 9.67. The number of morpholine rings is 1. The summed E-state index contributed by atoms with van der Waals surface area (Å²) in [6.45, 7) is 0.252. The van der Waals surface area contributed by atoms with Crippen LogP contribution < -0.4 is 16.0 Å². The highest BCUT2D eigenvalue weighted by Gasteiger charge is 2.39. The van der Waals surface area contributed by atoms with Crippen molar-refractivity contribution >= 4 is 39.0 Å². The first-order valence-electron chi connectivity index (χ1n) is 9.91. The molecule has 11 nitrogen and oxygen atoms in total. The van der Waals surface area contributed by atoms with Crippen molar-refractivity contribution in [1.82, 2.24) is 4.31 Å². The summed E-state index contributed by atoms with van der Waals surface area (Å²) in [6.07, 6.45) is -3.21. The topological polar surface area (TPSA) is 166 Å². The lowest BCUT2D eigenvalue weighted by Gasteiger charge is -2.34. The van der Waals surface area contributed by atoms with E-state index in [1.54, 1.807) is 0 Å². The Bertz CT molecular complexity index is 1150. The molecular formula is C21H25N5O6S. The number of benzene rings is 2. The molecule has 1 heterocycles. The van der Waals surface area contributed by atoms with Gasteiger partial charge in [0.05, 0.1) is 11.5 Å². The van der Waals surface area contributed by atoms with E-state index in [2.05, 4.69) is 5.32 Å². The molecule has 2 aromatic carbocycles. The number of sulfonamides is 1. The number of aliphatic hydroxyl groups is 1. The molecule has 0 radical (unpaired) electrons. The van der Waals surface area contributed by atoms with Gasteiger partial charge in [0.2, 0.25) is 10.0 Å². The van der Waals surface area contributed by atoms with E-state index in [9.17, 15) is 23.1 Å². The van der Waals surface area contributed by atoms with Gasteiger partial charge in [0.15, 0.2) is 12.2 Å². The molecule has 0 spiro atoms. The monoisotopic (exact) mass is 475 g/mol. The summed E-state index contributed by atoms with van der Waals surface area (Å²) in [5, 5.41) is 20.3. The maximum absolute atomic E-state index is 12.9. The highest BCUT2D eigenvalue weighted by atomic mass is 32.2. The Hall–Kier alpha value is -3.32. The average molecular weight is 476 g/mol. The molecule has 1 aliphatic rings. The minimum absolute atomic E-state index is 0.0729. The molecule has 176 valence electrons. The molecule has 0 bridgehead atoms. The quantitative estimate of drug-likeness (QED) is 0.322. The van der Waals surface area contributed by atoms with Gasteiger partial charge in [0.1, 0.15) is 5.84 Å². The zero-order valence-electron chi connectivity index (χ0n) is 18.1. The highest BCUT2D eigenvalue weighted by molar-refractivity contribution is 7.89. The number of anilines is 2.